The van der Waals surface area contributed by atoms with E-state index in [0.29, 0.717) is 33.5 Å². The van der Waals surface area contributed by atoms with E-state index < -0.39 is 0 Å². The van der Waals surface area contributed by atoms with E-state index >= 15 is 0 Å². The number of oxime groups is 1. The van der Waals surface area contributed by atoms with Crippen LogP contribution < -0.4 is 16.5 Å². The fourth-order valence-corrected chi connectivity index (χ4v) is 3.95. The molecule has 6 heteroatoms. The maximum atomic E-state index is 13.2. The van der Waals surface area contributed by atoms with Gasteiger partial charge >= 0.3 is 0 Å². The minimum absolute atomic E-state index is 0.0166. The summed E-state index contributed by atoms with van der Waals surface area (Å²) in [5, 5.41) is 16.2. The number of fused-ring (bicyclic) bond motifs is 1. The molecule has 3 aromatic carbocycles. The Morgan fingerprint density at radius 2 is 1.68 bits per heavy atom. The number of hydrogen-bond donors (Lipinski definition) is 3. The molecule has 34 heavy (non-hydrogen) atoms. The van der Waals surface area contributed by atoms with Gasteiger partial charge in [0.25, 0.3) is 0 Å². The molecule has 0 saturated heterocycles. The molecule has 0 aliphatic rings. The second-order valence-corrected chi connectivity index (χ2v) is 7.88. The molecule has 1 heterocycles. The molecule has 6 nitrogen and oxygen atoms in total. The van der Waals surface area contributed by atoms with Crippen LogP contribution in [-0.2, 0) is 0 Å². The van der Waals surface area contributed by atoms with Crippen LogP contribution in [0.2, 0.25) is 0 Å². The van der Waals surface area contributed by atoms with Crippen LogP contribution in [0.1, 0.15) is 49.1 Å². The van der Waals surface area contributed by atoms with Gasteiger partial charge in [0.2, 0.25) is 0 Å². The summed E-state index contributed by atoms with van der Waals surface area (Å²) in [5.74, 6) is 0.584. The highest BCUT2D eigenvalue weighted by Gasteiger charge is 2.19. The zero-order chi connectivity index (χ0) is 24.8. The summed E-state index contributed by atoms with van der Waals surface area (Å²) in [6.07, 6.45) is 0. The molecule has 0 aliphatic heterocycles. The highest BCUT2D eigenvalue weighted by atomic mass is 16.4. The quantitative estimate of drug-likeness (QED) is 0.140. The van der Waals surface area contributed by atoms with Gasteiger partial charge in [-0.3, -0.25) is 4.79 Å². The molecule has 0 saturated carbocycles. The highest BCUT2D eigenvalue weighted by Crippen LogP contribution is 2.32. The number of para-hydroxylation sites is 1. The number of hydrogen-bond acceptors (Lipinski definition) is 5. The van der Waals surface area contributed by atoms with Crippen molar-refractivity contribution in [3.63, 3.8) is 0 Å². The molecule has 4 N–H and O–H groups in total. The first-order valence-corrected chi connectivity index (χ1v) is 11.4. The van der Waals surface area contributed by atoms with Gasteiger partial charge in [0.1, 0.15) is 11.3 Å². The molecular formula is C28H31N3O3. The maximum Gasteiger partial charge on any atom is 0.196 e. The van der Waals surface area contributed by atoms with Crippen LogP contribution in [0, 0.1) is 13.8 Å². The van der Waals surface area contributed by atoms with Gasteiger partial charge in [-0.2, -0.15) is 0 Å². The average molecular weight is 458 g/mol. The van der Waals surface area contributed by atoms with E-state index in [1.165, 1.54) is 0 Å². The topological polar surface area (TPSA) is 101 Å². The van der Waals surface area contributed by atoms with Crippen molar-refractivity contribution in [3.05, 3.63) is 99.2 Å². The van der Waals surface area contributed by atoms with Crippen LogP contribution >= 0.6 is 0 Å². The van der Waals surface area contributed by atoms with E-state index in [1.54, 1.807) is 13.0 Å². The van der Waals surface area contributed by atoms with E-state index in [1.807, 2.05) is 88.4 Å². The molecule has 1 aromatic heterocycles. The van der Waals surface area contributed by atoms with Gasteiger partial charge in [0.15, 0.2) is 11.3 Å². The van der Waals surface area contributed by atoms with Crippen LogP contribution in [0.25, 0.3) is 22.3 Å². The minimum atomic E-state index is -0.223. The Kier molecular flexibility index (Phi) is 7.74. The first kappa shape index (κ1) is 24.6. The number of nitrogens with two attached hydrogens (primary N) is 1. The van der Waals surface area contributed by atoms with Crippen LogP contribution in [0.15, 0.2) is 81.1 Å². The lowest BCUT2D eigenvalue weighted by molar-refractivity contribution is 0.318. The van der Waals surface area contributed by atoms with Crippen LogP contribution in [0.4, 0.5) is 5.69 Å². The molecular weight excluding hydrogens is 426 g/mol. The lowest BCUT2D eigenvalue weighted by atomic mass is 9.98. The van der Waals surface area contributed by atoms with Crippen LogP contribution in [0.3, 0.4) is 0 Å². The van der Waals surface area contributed by atoms with Gasteiger partial charge in [-0.15, -0.1) is 0 Å². The molecule has 4 aromatic rings. The number of amidine groups is 1. The van der Waals surface area contributed by atoms with E-state index in [-0.39, 0.29) is 17.3 Å². The fourth-order valence-electron chi connectivity index (χ4n) is 3.95. The number of aryl methyl sites for hydroxylation is 1. The van der Waals surface area contributed by atoms with Crippen molar-refractivity contribution in [3.8, 4) is 11.3 Å². The van der Waals surface area contributed by atoms with E-state index in [9.17, 15) is 4.79 Å². The van der Waals surface area contributed by atoms with Crippen molar-refractivity contribution in [2.45, 2.75) is 40.7 Å². The Labute approximate surface area is 199 Å². The van der Waals surface area contributed by atoms with Crippen molar-refractivity contribution in [1.82, 2.24) is 0 Å². The van der Waals surface area contributed by atoms with Crippen molar-refractivity contribution in [1.29, 1.82) is 0 Å². The summed E-state index contributed by atoms with van der Waals surface area (Å²) in [6.45, 7) is 9.74. The first-order chi connectivity index (χ1) is 16.4. The molecule has 4 rings (SSSR count). The summed E-state index contributed by atoms with van der Waals surface area (Å²) < 4.78 is 6.37. The molecule has 1 unspecified atom stereocenters. The summed E-state index contributed by atoms with van der Waals surface area (Å²) in [7, 11) is 0. The summed E-state index contributed by atoms with van der Waals surface area (Å²) in [6, 6.07) is 20.6. The first-order valence-electron chi connectivity index (χ1n) is 11.4. The van der Waals surface area contributed by atoms with Gasteiger partial charge in [0.05, 0.1) is 11.4 Å². The Morgan fingerprint density at radius 3 is 2.35 bits per heavy atom. The summed E-state index contributed by atoms with van der Waals surface area (Å²) in [5.41, 5.74) is 10.9. The number of anilines is 1. The summed E-state index contributed by atoms with van der Waals surface area (Å²) >= 11 is 0. The monoisotopic (exact) mass is 457 g/mol. The van der Waals surface area contributed by atoms with Crippen LogP contribution in [-0.4, -0.2) is 11.0 Å². The minimum Gasteiger partial charge on any atom is -0.455 e. The second kappa shape index (κ2) is 10.7. The van der Waals surface area contributed by atoms with Gasteiger partial charge in [-0.1, -0.05) is 67.5 Å². The van der Waals surface area contributed by atoms with E-state index in [2.05, 4.69) is 10.5 Å². The van der Waals surface area contributed by atoms with Crippen molar-refractivity contribution in [2.75, 3.05) is 5.32 Å². The lowest BCUT2D eigenvalue weighted by Gasteiger charge is -2.20. The zero-order valence-corrected chi connectivity index (χ0v) is 20.2. The van der Waals surface area contributed by atoms with Crippen molar-refractivity contribution >= 4 is 22.5 Å². The van der Waals surface area contributed by atoms with E-state index in [0.717, 1.165) is 16.7 Å². The van der Waals surface area contributed by atoms with Gasteiger partial charge in [-0.25, -0.2) is 0 Å². The smallest absolute Gasteiger partial charge is 0.196 e. The normalized spacial score (nSPS) is 12.1. The molecule has 1 atom stereocenters. The Balaban J connectivity index is 0.00000158. The molecule has 176 valence electrons. The predicted molar refractivity (Wildman–Crippen MR) is 140 cm³/mol. The third-order valence-corrected chi connectivity index (χ3v) is 5.58. The van der Waals surface area contributed by atoms with E-state index in [4.69, 9.17) is 15.4 Å². The Hall–Kier alpha value is -4.06. The highest BCUT2D eigenvalue weighted by molar-refractivity contribution is 6.02. The molecule has 0 spiro atoms. The van der Waals surface area contributed by atoms with Crippen molar-refractivity contribution in [2.24, 2.45) is 10.9 Å². The largest absolute Gasteiger partial charge is 0.455 e. The average Bonchev–Trinajstić information content (AvgIpc) is 2.87. The Morgan fingerprint density at radius 1 is 1.03 bits per heavy atom. The molecule has 0 fully saturated rings. The molecule has 0 radical (unpaired) electrons. The van der Waals surface area contributed by atoms with Gasteiger partial charge < -0.3 is 20.7 Å². The standard InChI is InChI=1S/C26H25N3O3.C2H6/c1-15-13-20(17(3)28-22-12-8-7-11-19(22)26(27)29-31)25-21(14-15)23(30)16(2)24(32-25)18-9-5-4-6-10-18;1-2/h4-14,17,28,31H,1-3H3,(H2,27,29);1-2H3. The van der Waals surface area contributed by atoms with Crippen LogP contribution in [0.5, 0.6) is 0 Å². The fraction of sp³-hybridized carbons (Fsp3) is 0.214. The number of nitrogens with zero attached hydrogens (tertiary/aromatic N) is 1. The zero-order valence-electron chi connectivity index (χ0n) is 20.2. The van der Waals surface area contributed by atoms with Gasteiger partial charge in [0, 0.05) is 27.9 Å². The maximum absolute atomic E-state index is 13.2. The predicted octanol–water partition coefficient (Wildman–Crippen LogP) is 6.37. The third kappa shape index (κ3) is 4.81. The Bertz CT molecular complexity index is 1380. The summed E-state index contributed by atoms with van der Waals surface area (Å²) in [4.78, 5) is 13.2. The second-order valence-electron chi connectivity index (χ2n) is 7.88. The van der Waals surface area contributed by atoms with Crippen molar-refractivity contribution < 1.29 is 9.62 Å². The number of benzene rings is 3. The number of rotatable bonds is 5. The molecule has 0 amide bonds. The number of nitrogens with one attached hydrogen (secondary N) is 1. The SMILES string of the molecule is CC.Cc1cc(C(C)Nc2ccccc2/C(N)=N/O)c2oc(-c3ccccc3)c(C)c(=O)c2c1. The van der Waals surface area contributed by atoms with Gasteiger partial charge in [-0.05, 0) is 44.5 Å². The molecule has 0 aliphatic carbocycles. The lowest BCUT2D eigenvalue weighted by Crippen LogP contribution is -2.18. The third-order valence-electron chi connectivity index (χ3n) is 5.58. The molecule has 0 bridgehead atoms.